The highest BCUT2D eigenvalue weighted by molar-refractivity contribution is 7.20. The van der Waals surface area contributed by atoms with E-state index in [1.165, 1.54) is 17.4 Å². The van der Waals surface area contributed by atoms with E-state index in [0.717, 1.165) is 11.1 Å². The van der Waals surface area contributed by atoms with Crippen LogP contribution < -0.4 is 11.1 Å². The summed E-state index contributed by atoms with van der Waals surface area (Å²) in [6.45, 7) is 3.73. The van der Waals surface area contributed by atoms with Crippen molar-refractivity contribution in [2.45, 2.75) is 13.8 Å². The molecule has 4 nitrogen and oxygen atoms in total. The lowest BCUT2D eigenvalue weighted by atomic mass is 10.2. The second-order valence-electron chi connectivity index (χ2n) is 4.31. The third-order valence-corrected chi connectivity index (χ3v) is 3.15. The van der Waals surface area contributed by atoms with Crippen LogP contribution in [0, 0.1) is 0 Å². The Morgan fingerprint density at radius 3 is 2.63 bits per heavy atom. The molecule has 0 saturated carbocycles. The minimum Gasteiger partial charge on any atom is -0.389 e. The van der Waals surface area contributed by atoms with Gasteiger partial charge in [-0.05, 0) is 13.8 Å². The standard InChI is InChI=1S/C14H15N3OS/c1-9(2)8-11(18)16-14-17-12(13(15)19-14)10-6-4-3-5-7-10/h3-8H,15H2,1-2H3,(H,16,17,18). The van der Waals surface area contributed by atoms with Gasteiger partial charge in [0, 0.05) is 11.6 Å². The fraction of sp³-hybridized carbons (Fsp3) is 0.143. The molecule has 0 bridgehead atoms. The summed E-state index contributed by atoms with van der Waals surface area (Å²) in [7, 11) is 0. The molecule has 2 rings (SSSR count). The van der Waals surface area contributed by atoms with Gasteiger partial charge >= 0.3 is 0 Å². The third kappa shape index (κ3) is 3.42. The molecule has 0 saturated heterocycles. The van der Waals surface area contributed by atoms with Crippen LogP contribution in [0.25, 0.3) is 11.3 Å². The van der Waals surface area contributed by atoms with E-state index in [4.69, 9.17) is 5.73 Å². The molecule has 0 unspecified atom stereocenters. The molecule has 3 N–H and O–H groups in total. The van der Waals surface area contributed by atoms with E-state index in [0.29, 0.717) is 15.8 Å². The van der Waals surface area contributed by atoms with E-state index in [1.54, 1.807) is 0 Å². The average Bonchev–Trinajstić information content (AvgIpc) is 2.70. The van der Waals surface area contributed by atoms with Gasteiger partial charge in [0.2, 0.25) is 5.91 Å². The number of nitrogens with one attached hydrogen (secondary N) is 1. The summed E-state index contributed by atoms with van der Waals surface area (Å²) in [6, 6.07) is 9.66. The molecule has 1 heterocycles. The minimum atomic E-state index is -0.187. The van der Waals surface area contributed by atoms with Crippen LogP contribution in [0.15, 0.2) is 42.0 Å². The zero-order chi connectivity index (χ0) is 13.8. The van der Waals surface area contributed by atoms with Crippen molar-refractivity contribution in [2.75, 3.05) is 11.1 Å². The van der Waals surface area contributed by atoms with Crippen molar-refractivity contribution in [1.82, 2.24) is 4.98 Å². The van der Waals surface area contributed by atoms with Gasteiger partial charge in [0.1, 0.15) is 10.7 Å². The van der Waals surface area contributed by atoms with Crippen molar-refractivity contribution < 1.29 is 4.79 Å². The molecule has 0 atom stereocenters. The Hall–Kier alpha value is -2.14. The molecule has 0 spiro atoms. The summed E-state index contributed by atoms with van der Waals surface area (Å²) < 4.78 is 0. The number of nitrogens with zero attached hydrogens (tertiary/aromatic N) is 1. The highest BCUT2D eigenvalue weighted by Crippen LogP contribution is 2.33. The second-order valence-corrected chi connectivity index (χ2v) is 5.34. The summed E-state index contributed by atoms with van der Waals surface area (Å²) in [5.41, 5.74) is 8.53. The Labute approximate surface area is 116 Å². The maximum absolute atomic E-state index is 11.6. The number of rotatable bonds is 3. The maximum Gasteiger partial charge on any atom is 0.250 e. The number of hydrogen-bond acceptors (Lipinski definition) is 4. The van der Waals surface area contributed by atoms with Gasteiger partial charge in [-0.3, -0.25) is 10.1 Å². The van der Waals surface area contributed by atoms with Crippen LogP contribution in [0.2, 0.25) is 0 Å². The predicted octanol–water partition coefficient (Wildman–Crippen LogP) is 3.30. The molecule has 0 aliphatic rings. The lowest BCUT2D eigenvalue weighted by Gasteiger charge is -1.97. The summed E-state index contributed by atoms with van der Waals surface area (Å²) in [5.74, 6) is -0.187. The van der Waals surface area contributed by atoms with Crippen molar-refractivity contribution in [2.24, 2.45) is 0 Å². The number of anilines is 2. The second kappa shape index (κ2) is 5.67. The number of hydrogen-bond donors (Lipinski definition) is 2. The lowest BCUT2D eigenvalue weighted by molar-refractivity contribution is -0.111. The van der Waals surface area contributed by atoms with Crippen molar-refractivity contribution in [3.05, 3.63) is 42.0 Å². The molecule has 98 valence electrons. The van der Waals surface area contributed by atoms with Crippen LogP contribution >= 0.6 is 11.3 Å². The molecule has 1 amide bonds. The molecule has 1 aromatic carbocycles. The van der Waals surface area contributed by atoms with Crippen LogP contribution in [-0.2, 0) is 4.79 Å². The summed E-state index contributed by atoms with van der Waals surface area (Å²) in [5, 5.41) is 3.83. The fourth-order valence-electron chi connectivity index (χ4n) is 1.59. The number of amides is 1. The van der Waals surface area contributed by atoms with Gasteiger partial charge < -0.3 is 5.73 Å². The lowest BCUT2D eigenvalue weighted by Crippen LogP contribution is -2.07. The highest BCUT2D eigenvalue weighted by Gasteiger charge is 2.11. The quantitative estimate of drug-likeness (QED) is 0.843. The number of carbonyl (C=O) groups is 1. The SMILES string of the molecule is CC(C)=CC(=O)Nc1nc(-c2ccccc2)c(N)s1. The first-order valence-electron chi connectivity index (χ1n) is 5.84. The normalized spacial score (nSPS) is 10.0. The Kier molecular flexibility index (Phi) is 3.97. The van der Waals surface area contributed by atoms with E-state index < -0.39 is 0 Å². The molecule has 0 aliphatic carbocycles. The van der Waals surface area contributed by atoms with Crippen LogP contribution in [0.5, 0.6) is 0 Å². The summed E-state index contributed by atoms with van der Waals surface area (Å²) >= 11 is 1.27. The Bertz CT molecular complexity index is 613. The first-order chi connectivity index (χ1) is 9.06. The number of nitrogen functional groups attached to an aromatic ring is 1. The molecular formula is C14H15N3OS. The molecule has 0 fully saturated rings. The van der Waals surface area contributed by atoms with E-state index in [-0.39, 0.29) is 5.91 Å². The monoisotopic (exact) mass is 273 g/mol. The molecule has 19 heavy (non-hydrogen) atoms. The first kappa shape index (κ1) is 13.3. The van der Waals surface area contributed by atoms with E-state index in [1.807, 2.05) is 44.2 Å². The number of benzene rings is 1. The van der Waals surface area contributed by atoms with Crippen LogP contribution in [0.3, 0.4) is 0 Å². The topological polar surface area (TPSA) is 68.0 Å². The maximum atomic E-state index is 11.6. The Morgan fingerprint density at radius 2 is 2.00 bits per heavy atom. The number of aromatic nitrogens is 1. The van der Waals surface area contributed by atoms with E-state index in [9.17, 15) is 4.79 Å². The number of carbonyl (C=O) groups excluding carboxylic acids is 1. The number of thiazole rings is 1. The molecule has 0 aliphatic heterocycles. The number of allylic oxidation sites excluding steroid dienone is 1. The van der Waals surface area contributed by atoms with Gasteiger partial charge in [-0.25, -0.2) is 4.98 Å². The van der Waals surface area contributed by atoms with Crippen molar-refractivity contribution >= 4 is 27.4 Å². The minimum absolute atomic E-state index is 0.187. The average molecular weight is 273 g/mol. The van der Waals surface area contributed by atoms with E-state index >= 15 is 0 Å². The van der Waals surface area contributed by atoms with Crippen molar-refractivity contribution in [3.8, 4) is 11.3 Å². The van der Waals surface area contributed by atoms with Crippen LogP contribution in [0.1, 0.15) is 13.8 Å². The van der Waals surface area contributed by atoms with Gasteiger partial charge in [-0.2, -0.15) is 0 Å². The van der Waals surface area contributed by atoms with Gasteiger partial charge in [-0.15, -0.1) is 0 Å². The van der Waals surface area contributed by atoms with Gasteiger partial charge in [0.15, 0.2) is 5.13 Å². The zero-order valence-electron chi connectivity index (χ0n) is 10.8. The largest absolute Gasteiger partial charge is 0.389 e. The molecule has 1 aromatic heterocycles. The fourth-order valence-corrected chi connectivity index (χ4v) is 2.35. The van der Waals surface area contributed by atoms with Gasteiger partial charge in [0.25, 0.3) is 0 Å². The Morgan fingerprint density at radius 1 is 1.32 bits per heavy atom. The van der Waals surface area contributed by atoms with E-state index in [2.05, 4.69) is 10.3 Å². The third-order valence-electron chi connectivity index (χ3n) is 2.35. The summed E-state index contributed by atoms with van der Waals surface area (Å²) in [4.78, 5) is 16.0. The smallest absolute Gasteiger partial charge is 0.250 e. The zero-order valence-corrected chi connectivity index (χ0v) is 11.6. The predicted molar refractivity (Wildman–Crippen MR) is 80.0 cm³/mol. The first-order valence-corrected chi connectivity index (χ1v) is 6.65. The van der Waals surface area contributed by atoms with Crippen LogP contribution in [0.4, 0.5) is 10.1 Å². The molecule has 2 aromatic rings. The van der Waals surface area contributed by atoms with Gasteiger partial charge in [-0.1, -0.05) is 47.2 Å². The molecule has 5 heteroatoms. The molecular weight excluding hydrogens is 258 g/mol. The number of nitrogens with two attached hydrogens (primary N) is 1. The van der Waals surface area contributed by atoms with Crippen LogP contribution in [-0.4, -0.2) is 10.9 Å². The van der Waals surface area contributed by atoms with Crippen molar-refractivity contribution in [3.63, 3.8) is 0 Å². The summed E-state index contributed by atoms with van der Waals surface area (Å²) in [6.07, 6.45) is 1.53. The van der Waals surface area contributed by atoms with Crippen molar-refractivity contribution in [1.29, 1.82) is 0 Å². The molecule has 0 radical (unpaired) electrons. The Balaban J connectivity index is 2.23. The van der Waals surface area contributed by atoms with Gasteiger partial charge in [0.05, 0.1) is 0 Å². The highest BCUT2D eigenvalue weighted by atomic mass is 32.1.